The molecule has 1 radical (unpaired) electrons. The van der Waals surface area contributed by atoms with E-state index in [0.29, 0.717) is 0 Å². The Morgan fingerprint density at radius 1 is 1.07 bits per heavy atom. The van der Waals surface area contributed by atoms with Gasteiger partial charge in [0.05, 0.1) is 0 Å². The molecule has 0 spiro atoms. The lowest BCUT2D eigenvalue weighted by molar-refractivity contribution is -0.110. The van der Waals surface area contributed by atoms with Gasteiger partial charge in [0.1, 0.15) is 0 Å². The summed E-state index contributed by atoms with van der Waals surface area (Å²) in [7, 11) is 0. The molecule has 0 heterocycles. The Labute approximate surface area is 81.4 Å². The van der Waals surface area contributed by atoms with E-state index >= 15 is 0 Å². The van der Waals surface area contributed by atoms with Crippen molar-refractivity contribution in [3.05, 3.63) is 58.5 Å². The number of rotatable bonds is 0. The van der Waals surface area contributed by atoms with Crippen LogP contribution in [0, 0.1) is 0 Å². The van der Waals surface area contributed by atoms with E-state index in [1.165, 1.54) is 5.22 Å². The van der Waals surface area contributed by atoms with Gasteiger partial charge in [-0.3, -0.25) is 4.79 Å². The minimum atomic E-state index is 0.0454. The number of fused-ring (bicyclic) bond motifs is 2. The van der Waals surface area contributed by atoms with Crippen molar-refractivity contribution < 1.29 is 4.79 Å². The van der Waals surface area contributed by atoms with E-state index in [0.717, 1.165) is 16.4 Å². The predicted molar refractivity (Wildman–Crippen MR) is 54.7 cm³/mol. The molecule has 0 bridgehead atoms. The van der Waals surface area contributed by atoms with E-state index in [2.05, 4.69) is 12.1 Å². The molecule has 0 saturated carbocycles. The summed E-state index contributed by atoms with van der Waals surface area (Å²) >= 11 is 0. The zero-order chi connectivity index (χ0) is 9.54. The monoisotopic (exact) mass is 179 g/mol. The molecule has 0 amide bonds. The lowest BCUT2D eigenvalue weighted by Crippen LogP contribution is -2.21. The topological polar surface area (TPSA) is 17.1 Å². The van der Waals surface area contributed by atoms with Gasteiger partial charge in [-0.05, 0) is 45.9 Å². The molecule has 0 aliphatic heterocycles. The van der Waals surface area contributed by atoms with Crippen molar-refractivity contribution in [1.29, 1.82) is 0 Å². The van der Waals surface area contributed by atoms with Crippen LogP contribution in [0.3, 0.4) is 0 Å². The first-order chi connectivity index (χ1) is 6.84. The Balaban J connectivity index is 2.45. The second-order valence-corrected chi connectivity index (χ2v) is 3.38. The molecule has 2 aliphatic carbocycles. The lowest BCUT2D eigenvalue weighted by atomic mass is 10.0. The average molecular weight is 179 g/mol. The van der Waals surface area contributed by atoms with Crippen LogP contribution in [0.2, 0.25) is 0 Å². The molecule has 1 aromatic carbocycles. The predicted octanol–water partition coefficient (Wildman–Crippen LogP) is 0.574. The zero-order valence-electron chi connectivity index (χ0n) is 7.45. The fourth-order valence-electron chi connectivity index (χ4n) is 1.83. The van der Waals surface area contributed by atoms with Crippen LogP contribution in [-0.4, -0.2) is 5.78 Å². The zero-order valence-corrected chi connectivity index (χ0v) is 7.45. The van der Waals surface area contributed by atoms with Gasteiger partial charge in [0.15, 0.2) is 5.78 Å². The summed E-state index contributed by atoms with van der Waals surface area (Å²) in [5.41, 5.74) is 2.03. The maximum Gasteiger partial charge on any atom is 0.179 e. The Hall–Kier alpha value is -1.89. The van der Waals surface area contributed by atoms with Crippen molar-refractivity contribution in [3.8, 4) is 0 Å². The summed E-state index contributed by atoms with van der Waals surface area (Å²) in [6.07, 6.45) is 8.32. The molecule has 0 N–H and O–H groups in total. The van der Waals surface area contributed by atoms with Gasteiger partial charge in [-0.1, -0.05) is 24.3 Å². The number of hydrogen-bond acceptors (Lipinski definition) is 1. The average Bonchev–Trinajstić information content (AvgIpc) is 2.54. The SMILES string of the molecule is O=C1C=CC2=c3ccccc3=[C]C2=C1. The minimum absolute atomic E-state index is 0.0454. The summed E-state index contributed by atoms with van der Waals surface area (Å²) in [6, 6.07) is 8.05. The van der Waals surface area contributed by atoms with Crippen LogP contribution in [0.5, 0.6) is 0 Å². The summed E-state index contributed by atoms with van der Waals surface area (Å²) in [5, 5.41) is 2.25. The van der Waals surface area contributed by atoms with Gasteiger partial charge >= 0.3 is 0 Å². The standard InChI is InChI=1S/C13H7O/c14-11-5-6-13-10(8-11)7-9-3-1-2-4-12(9)13/h1-6,8H. The van der Waals surface area contributed by atoms with Crippen LogP contribution in [-0.2, 0) is 4.79 Å². The highest BCUT2D eigenvalue weighted by atomic mass is 16.1. The largest absolute Gasteiger partial charge is 0.290 e. The van der Waals surface area contributed by atoms with E-state index in [1.807, 2.05) is 24.3 Å². The molecule has 14 heavy (non-hydrogen) atoms. The smallest absolute Gasteiger partial charge is 0.179 e. The number of hydrogen-bond donors (Lipinski definition) is 0. The van der Waals surface area contributed by atoms with Gasteiger partial charge in [-0.15, -0.1) is 0 Å². The number of ketones is 1. The Morgan fingerprint density at radius 2 is 1.93 bits per heavy atom. The summed E-state index contributed by atoms with van der Waals surface area (Å²) in [6.45, 7) is 0. The molecule has 0 atom stereocenters. The summed E-state index contributed by atoms with van der Waals surface area (Å²) in [5.74, 6) is 0.0454. The third-order valence-corrected chi connectivity index (χ3v) is 2.48. The van der Waals surface area contributed by atoms with Gasteiger partial charge in [-0.25, -0.2) is 0 Å². The van der Waals surface area contributed by atoms with Crippen molar-refractivity contribution in [2.45, 2.75) is 0 Å². The molecule has 3 rings (SSSR count). The van der Waals surface area contributed by atoms with Crippen LogP contribution >= 0.6 is 0 Å². The van der Waals surface area contributed by atoms with Crippen LogP contribution in [0.4, 0.5) is 0 Å². The number of allylic oxidation sites excluding steroid dienone is 4. The minimum Gasteiger partial charge on any atom is -0.290 e. The highest BCUT2D eigenvalue weighted by Crippen LogP contribution is 2.19. The molecular weight excluding hydrogens is 172 g/mol. The number of carbonyl (C=O) groups excluding carboxylic acids is 1. The lowest BCUT2D eigenvalue weighted by Gasteiger charge is -2.02. The molecule has 0 unspecified atom stereocenters. The fourth-order valence-corrected chi connectivity index (χ4v) is 1.83. The highest BCUT2D eigenvalue weighted by Gasteiger charge is 2.13. The van der Waals surface area contributed by atoms with Crippen molar-refractivity contribution in [1.82, 2.24) is 0 Å². The van der Waals surface area contributed by atoms with Crippen molar-refractivity contribution in [2.24, 2.45) is 0 Å². The summed E-state index contributed by atoms with van der Waals surface area (Å²) in [4.78, 5) is 11.1. The van der Waals surface area contributed by atoms with Gasteiger partial charge in [0.2, 0.25) is 0 Å². The molecular formula is C13H7O. The fraction of sp³-hybridized carbons (Fsp3) is 0. The molecule has 65 valence electrons. The second kappa shape index (κ2) is 2.55. The molecule has 1 heteroatoms. The number of benzene rings is 1. The molecule has 1 nitrogen and oxygen atoms in total. The van der Waals surface area contributed by atoms with Crippen molar-refractivity contribution in [3.63, 3.8) is 0 Å². The first kappa shape index (κ1) is 7.51. The molecule has 0 aromatic heterocycles. The quantitative estimate of drug-likeness (QED) is 0.569. The van der Waals surface area contributed by atoms with E-state index in [9.17, 15) is 4.79 Å². The van der Waals surface area contributed by atoms with Gasteiger partial charge in [0.25, 0.3) is 0 Å². The van der Waals surface area contributed by atoms with Crippen LogP contribution < -0.4 is 10.4 Å². The van der Waals surface area contributed by atoms with E-state index in [4.69, 9.17) is 0 Å². The van der Waals surface area contributed by atoms with Crippen LogP contribution in [0.25, 0.3) is 11.6 Å². The maximum absolute atomic E-state index is 11.1. The van der Waals surface area contributed by atoms with Gasteiger partial charge in [-0.2, -0.15) is 0 Å². The first-order valence-electron chi connectivity index (χ1n) is 4.52. The number of carbonyl (C=O) groups is 1. The Bertz CT molecular complexity index is 600. The van der Waals surface area contributed by atoms with Crippen LogP contribution in [0.1, 0.15) is 0 Å². The molecule has 1 aromatic rings. The Kier molecular flexibility index (Phi) is 1.37. The van der Waals surface area contributed by atoms with E-state index in [1.54, 1.807) is 12.2 Å². The third-order valence-electron chi connectivity index (χ3n) is 2.48. The highest BCUT2D eigenvalue weighted by molar-refractivity contribution is 6.09. The van der Waals surface area contributed by atoms with Crippen molar-refractivity contribution in [2.75, 3.05) is 0 Å². The third kappa shape index (κ3) is 0.925. The molecule has 0 fully saturated rings. The normalized spacial score (nSPS) is 17.3. The van der Waals surface area contributed by atoms with Crippen molar-refractivity contribution >= 4 is 17.4 Å². The molecule has 2 aliphatic rings. The van der Waals surface area contributed by atoms with Crippen LogP contribution in [0.15, 0.2) is 48.1 Å². The first-order valence-corrected chi connectivity index (χ1v) is 4.52. The second-order valence-electron chi connectivity index (χ2n) is 3.38. The van der Waals surface area contributed by atoms with E-state index < -0.39 is 0 Å². The van der Waals surface area contributed by atoms with E-state index in [-0.39, 0.29) is 5.78 Å². The van der Waals surface area contributed by atoms with Gasteiger partial charge in [0, 0.05) is 0 Å². The maximum atomic E-state index is 11.1. The summed E-state index contributed by atoms with van der Waals surface area (Å²) < 4.78 is 0. The van der Waals surface area contributed by atoms with Gasteiger partial charge < -0.3 is 0 Å². The molecule has 0 saturated heterocycles. The Morgan fingerprint density at radius 3 is 2.86 bits per heavy atom.